The molecule has 51 heavy (non-hydrogen) atoms. The van der Waals surface area contributed by atoms with E-state index in [0.29, 0.717) is 17.6 Å². The molecular formula is C34H27F5N6O6. The Hall–Kier alpha value is -5.97. The molecule has 1 fully saturated rings. The monoisotopic (exact) mass is 710 g/mol. The molecule has 6 rings (SSSR count). The van der Waals surface area contributed by atoms with Crippen LogP contribution in [-0.2, 0) is 23.0 Å². The molecule has 1 aliphatic heterocycles. The van der Waals surface area contributed by atoms with E-state index < -0.39 is 70.9 Å². The van der Waals surface area contributed by atoms with Crippen LogP contribution < -0.4 is 26.2 Å². The van der Waals surface area contributed by atoms with Crippen molar-refractivity contribution in [2.24, 2.45) is 7.05 Å². The van der Waals surface area contributed by atoms with E-state index in [2.05, 4.69) is 15.3 Å². The molecule has 264 valence electrons. The fraction of sp³-hybridized carbons (Fsp3) is 0.235. The summed E-state index contributed by atoms with van der Waals surface area (Å²) in [6.07, 6.45) is -1.08. The van der Waals surface area contributed by atoms with Gasteiger partial charge in [-0.25, -0.2) is 27.9 Å². The molecular weight excluding hydrogens is 683 g/mol. The Morgan fingerprint density at radius 3 is 2.43 bits per heavy atom. The minimum Gasteiger partial charge on any atom is -0.425 e. The minimum absolute atomic E-state index is 0.0484. The van der Waals surface area contributed by atoms with E-state index in [0.717, 1.165) is 9.47 Å². The van der Waals surface area contributed by atoms with Gasteiger partial charge in [0.1, 0.15) is 40.8 Å². The standard InChI is InChI=1S/C34H27F5N6O6/c1-43-26-17-40-10-9-22(26)31(47)45(33(43)49)28-8-7-19(16-41-28)13-25(32(48)51-21-5-3-2-4-6-21)42-30(46)29-23(35)14-20(15-24(29)36)44-11-12-50-18-27(44)34(37,38)39/h2-10,14-17,25,27H,11-13,18H2,1H3,(H,42,46)/t25?,27-/m1/s1. The van der Waals surface area contributed by atoms with E-state index in [9.17, 15) is 32.3 Å². The molecule has 1 unspecified atom stereocenters. The van der Waals surface area contributed by atoms with Crippen molar-refractivity contribution in [1.82, 2.24) is 24.4 Å². The van der Waals surface area contributed by atoms with Crippen LogP contribution in [-0.4, -0.2) is 69.0 Å². The van der Waals surface area contributed by atoms with Crippen LogP contribution in [0, 0.1) is 11.6 Å². The van der Waals surface area contributed by atoms with Crippen molar-refractivity contribution < 1.29 is 41.0 Å². The number of anilines is 1. The van der Waals surface area contributed by atoms with Crippen molar-refractivity contribution in [3.63, 3.8) is 0 Å². The fourth-order valence-corrected chi connectivity index (χ4v) is 5.63. The normalized spacial score (nSPS) is 15.4. The Balaban J connectivity index is 1.28. The van der Waals surface area contributed by atoms with E-state index in [1.165, 1.54) is 60.5 Å². The largest absolute Gasteiger partial charge is 0.425 e. The molecule has 3 aromatic heterocycles. The maximum Gasteiger partial charge on any atom is 0.411 e. The summed E-state index contributed by atoms with van der Waals surface area (Å²) in [6, 6.07) is 9.45. The number of aryl methyl sites for hydroxylation is 1. The summed E-state index contributed by atoms with van der Waals surface area (Å²) in [6.45, 7) is -1.17. The quantitative estimate of drug-likeness (QED) is 0.146. The van der Waals surface area contributed by atoms with E-state index in [-0.39, 0.29) is 42.1 Å². The van der Waals surface area contributed by atoms with Gasteiger partial charge in [-0.15, -0.1) is 0 Å². The zero-order valence-corrected chi connectivity index (χ0v) is 26.6. The number of nitrogens with one attached hydrogen (secondary N) is 1. The molecule has 0 bridgehead atoms. The lowest BCUT2D eigenvalue weighted by molar-refractivity contribution is -0.167. The van der Waals surface area contributed by atoms with Crippen LogP contribution in [0.5, 0.6) is 5.75 Å². The third-order valence-electron chi connectivity index (χ3n) is 8.19. The number of rotatable bonds is 8. The molecule has 4 heterocycles. The first-order chi connectivity index (χ1) is 24.3. The number of fused-ring (bicyclic) bond motifs is 1. The van der Waals surface area contributed by atoms with Gasteiger partial charge in [-0.3, -0.25) is 19.1 Å². The van der Waals surface area contributed by atoms with E-state index in [1.54, 1.807) is 18.2 Å². The summed E-state index contributed by atoms with van der Waals surface area (Å²) in [7, 11) is 1.46. The highest BCUT2D eigenvalue weighted by molar-refractivity contribution is 5.98. The van der Waals surface area contributed by atoms with E-state index in [4.69, 9.17) is 9.47 Å². The lowest BCUT2D eigenvalue weighted by Crippen LogP contribution is -2.53. The van der Waals surface area contributed by atoms with Gasteiger partial charge in [-0.2, -0.15) is 13.2 Å². The topological polar surface area (TPSA) is 138 Å². The second kappa shape index (κ2) is 14.1. The van der Waals surface area contributed by atoms with Gasteiger partial charge in [-0.1, -0.05) is 24.3 Å². The van der Waals surface area contributed by atoms with Gasteiger partial charge in [0.2, 0.25) is 0 Å². The molecule has 12 nitrogen and oxygen atoms in total. The predicted molar refractivity (Wildman–Crippen MR) is 172 cm³/mol. The highest BCUT2D eigenvalue weighted by atomic mass is 19.4. The fourth-order valence-electron chi connectivity index (χ4n) is 5.63. The van der Waals surface area contributed by atoms with Gasteiger partial charge >= 0.3 is 17.8 Å². The van der Waals surface area contributed by atoms with Crippen molar-refractivity contribution in [3.05, 3.63) is 123 Å². The number of esters is 1. The van der Waals surface area contributed by atoms with Crippen LogP contribution in [0.1, 0.15) is 15.9 Å². The van der Waals surface area contributed by atoms with Gasteiger partial charge < -0.3 is 19.7 Å². The average molecular weight is 711 g/mol. The van der Waals surface area contributed by atoms with Gasteiger partial charge in [0.25, 0.3) is 11.5 Å². The highest BCUT2D eigenvalue weighted by Crippen LogP contribution is 2.32. The van der Waals surface area contributed by atoms with Crippen LogP contribution in [0.25, 0.3) is 16.7 Å². The Labute approximate surface area is 284 Å². The van der Waals surface area contributed by atoms with Crippen molar-refractivity contribution in [2.45, 2.75) is 24.7 Å². The number of pyridine rings is 2. The van der Waals surface area contributed by atoms with Gasteiger partial charge in [-0.05, 0) is 42.0 Å². The number of amides is 1. The van der Waals surface area contributed by atoms with Gasteiger partial charge in [0.15, 0.2) is 0 Å². The number of carbonyl (C=O) groups excluding carboxylic acids is 2. The van der Waals surface area contributed by atoms with Crippen LogP contribution in [0.2, 0.25) is 0 Å². The zero-order chi connectivity index (χ0) is 36.4. The Bertz CT molecular complexity index is 2200. The van der Waals surface area contributed by atoms with E-state index >= 15 is 8.78 Å². The Morgan fingerprint density at radius 2 is 1.76 bits per heavy atom. The second-order valence-corrected chi connectivity index (χ2v) is 11.5. The van der Waals surface area contributed by atoms with Gasteiger partial charge in [0, 0.05) is 38.1 Å². The number of aromatic nitrogens is 4. The lowest BCUT2D eigenvalue weighted by atomic mass is 10.1. The molecule has 1 aliphatic rings. The van der Waals surface area contributed by atoms with Crippen molar-refractivity contribution >= 4 is 28.5 Å². The van der Waals surface area contributed by atoms with Crippen molar-refractivity contribution in [1.29, 1.82) is 0 Å². The first-order valence-electron chi connectivity index (χ1n) is 15.3. The third kappa shape index (κ3) is 7.19. The summed E-state index contributed by atoms with van der Waals surface area (Å²) in [5.74, 6) is -5.28. The SMILES string of the molecule is Cn1c(=O)n(-c2ccc(CC(NC(=O)c3c(F)cc(N4CCOC[C@@H]4C(F)(F)F)cc3F)C(=O)Oc3ccccc3)cn2)c(=O)c2ccncc21. The Morgan fingerprint density at radius 1 is 1.04 bits per heavy atom. The molecule has 1 amide bonds. The highest BCUT2D eigenvalue weighted by Gasteiger charge is 2.46. The number of ether oxygens (including phenoxy) is 2. The predicted octanol–water partition coefficient (Wildman–Crippen LogP) is 3.47. The number of alkyl halides is 3. The number of morpholine rings is 1. The lowest BCUT2D eigenvalue weighted by Gasteiger charge is -2.38. The summed E-state index contributed by atoms with van der Waals surface area (Å²) in [4.78, 5) is 61.7. The first-order valence-corrected chi connectivity index (χ1v) is 15.3. The van der Waals surface area contributed by atoms with Gasteiger partial charge in [0.05, 0.1) is 30.3 Å². The Kier molecular flexibility index (Phi) is 9.64. The van der Waals surface area contributed by atoms with Crippen molar-refractivity contribution in [2.75, 3.05) is 24.7 Å². The summed E-state index contributed by atoms with van der Waals surface area (Å²) in [5, 5.41) is 2.47. The summed E-state index contributed by atoms with van der Waals surface area (Å²) < 4.78 is 83.8. The molecule has 1 saturated heterocycles. The van der Waals surface area contributed by atoms with Crippen LogP contribution in [0.4, 0.5) is 27.6 Å². The number of carbonyl (C=O) groups is 2. The smallest absolute Gasteiger partial charge is 0.411 e. The van der Waals surface area contributed by atoms with Crippen LogP contribution in [0.15, 0.2) is 88.8 Å². The molecule has 0 radical (unpaired) electrons. The maximum atomic E-state index is 15.3. The molecule has 0 spiro atoms. The molecule has 2 atom stereocenters. The van der Waals surface area contributed by atoms with Crippen molar-refractivity contribution in [3.8, 4) is 11.6 Å². The minimum atomic E-state index is -4.76. The molecule has 5 aromatic rings. The van der Waals surface area contributed by atoms with Crippen LogP contribution in [0.3, 0.4) is 0 Å². The summed E-state index contributed by atoms with van der Waals surface area (Å²) in [5.41, 5.74) is -2.34. The molecule has 0 aliphatic carbocycles. The van der Waals surface area contributed by atoms with E-state index in [1.807, 2.05) is 0 Å². The third-order valence-corrected chi connectivity index (χ3v) is 8.19. The second-order valence-electron chi connectivity index (χ2n) is 11.5. The number of benzene rings is 2. The number of hydrogen-bond acceptors (Lipinski definition) is 9. The molecule has 1 N–H and O–H groups in total. The molecule has 2 aromatic carbocycles. The number of halogens is 5. The number of para-hydroxylation sites is 1. The maximum absolute atomic E-state index is 15.3. The van der Waals surface area contributed by atoms with Crippen LogP contribution >= 0.6 is 0 Å². The number of hydrogen-bond donors (Lipinski definition) is 1. The average Bonchev–Trinajstić information content (AvgIpc) is 3.11. The molecule has 0 saturated carbocycles. The zero-order valence-electron chi connectivity index (χ0n) is 26.6. The first kappa shape index (κ1) is 34.9. The molecule has 17 heteroatoms. The summed E-state index contributed by atoms with van der Waals surface area (Å²) >= 11 is 0. The number of nitrogens with zero attached hydrogens (tertiary/aromatic N) is 5.